The van der Waals surface area contributed by atoms with Gasteiger partial charge in [-0.25, -0.2) is 4.98 Å². The van der Waals surface area contributed by atoms with Gasteiger partial charge in [0.2, 0.25) is 11.8 Å². The monoisotopic (exact) mass is 384 g/mol. The second-order valence-electron chi connectivity index (χ2n) is 8.06. The zero-order valence-corrected chi connectivity index (χ0v) is 17.5. The molecule has 28 heavy (non-hydrogen) atoms. The van der Waals surface area contributed by atoms with Crippen LogP contribution in [0.2, 0.25) is 0 Å². The molecule has 0 aliphatic carbocycles. The Morgan fingerprint density at radius 3 is 2.75 bits per heavy atom. The lowest BCUT2D eigenvalue weighted by Gasteiger charge is -2.27. The van der Waals surface area contributed by atoms with Gasteiger partial charge in [-0.2, -0.15) is 0 Å². The van der Waals surface area contributed by atoms with Gasteiger partial charge in [0.25, 0.3) is 0 Å². The predicted octanol–water partition coefficient (Wildman–Crippen LogP) is 3.61. The van der Waals surface area contributed by atoms with Crippen LogP contribution in [-0.2, 0) is 16.1 Å². The van der Waals surface area contributed by atoms with Crippen molar-refractivity contribution < 1.29 is 9.59 Å². The van der Waals surface area contributed by atoms with E-state index in [1.165, 1.54) is 0 Å². The topological polar surface area (TPSA) is 58.4 Å². The van der Waals surface area contributed by atoms with Crippen LogP contribution in [0.1, 0.15) is 58.3 Å². The van der Waals surface area contributed by atoms with Crippen molar-refractivity contribution in [1.29, 1.82) is 0 Å². The van der Waals surface area contributed by atoms with Crippen LogP contribution in [-0.4, -0.2) is 51.3 Å². The lowest BCUT2D eigenvalue weighted by Crippen LogP contribution is -2.36. The van der Waals surface area contributed by atoms with Gasteiger partial charge >= 0.3 is 0 Å². The molecule has 1 fully saturated rings. The first-order valence-corrected chi connectivity index (χ1v) is 10.4. The minimum Gasteiger partial charge on any atom is -0.344 e. The number of carbonyl (C=O) groups excluding carboxylic acids is 2. The number of hydrogen-bond donors (Lipinski definition) is 0. The molecule has 152 valence electrons. The molecule has 0 unspecified atom stereocenters. The Kier molecular flexibility index (Phi) is 6.37. The first-order valence-electron chi connectivity index (χ1n) is 10.4. The highest BCUT2D eigenvalue weighted by atomic mass is 16.2. The van der Waals surface area contributed by atoms with Crippen molar-refractivity contribution in [3.63, 3.8) is 0 Å². The number of fused-ring (bicyclic) bond motifs is 1. The number of aromatic nitrogens is 2. The van der Waals surface area contributed by atoms with Gasteiger partial charge in [0.05, 0.1) is 17.1 Å². The average Bonchev–Trinajstić information content (AvgIpc) is 3.30. The molecule has 0 N–H and O–H groups in total. The molecule has 1 aromatic heterocycles. The maximum Gasteiger partial charge on any atom is 0.242 e. The highest BCUT2D eigenvalue weighted by Gasteiger charge is 2.35. The van der Waals surface area contributed by atoms with E-state index in [4.69, 9.17) is 4.98 Å². The average molecular weight is 385 g/mol. The summed E-state index contributed by atoms with van der Waals surface area (Å²) in [6.45, 7) is 7.78. The molecule has 0 bridgehead atoms. The Morgan fingerprint density at radius 2 is 2.04 bits per heavy atom. The Bertz CT molecular complexity index is 842. The van der Waals surface area contributed by atoms with Gasteiger partial charge in [0.15, 0.2) is 0 Å². The predicted molar refractivity (Wildman–Crippen MR) is 111 cm³/mol. The van der Waals surface area contributed by atoms with Gasteiger partial charge in [-0.05, 0) is 31.4 Å². The van der Waals surface area contributed by atoms with Gasteiger partial charge in [-0.15, -0.1) is 0 Å². The molecular weight excluding hydrogens is 352 g/mol. The molecule has 6 heteroatoms. The summed E-state index contributed by atoms with van der Waals surface area (Å²) in [7, 11) is 1.86. The number of likely N-dealkylation sites (tertiary alicyclic amines) is 1. The number of carbonyl (C=O) groups is 2. The zero-order chi connectivity index (χ0) is 20.3. The number of imidazole rings is 1. The summed E-state index contributed by atoms with van der Waals surface area (Å²) in [5, 5.41) is 0. The number of amides is 2. The fourth-order valence-electron chi connectivity index (χ4n) is 3.92. The van der Waals surface area contributed by atoms with Crippen molar-refractivity contribution in [1.82, 2.24) is 19.4 Å². The molecule has 0 radical (unpaired) electrons. The number of benzene rings is 1. The van der Waals surface area contributed by atoms with E-state index in [-0.39, 0.29) is 30.3 Å². The van der Waals surface area contributed by atoms with E-state index in [1.54, 1.807) is 4.90 Å². The summed E-state index contributed by atoms with van der Waals surface area (Å²) in [6.07, 6.45) is 3.92. The maximum atomic E-state index is 12.8. The van der Waals surface area contributed by atoms with Crippen LogP contribution in [0, 0.1) is 5.92 Å². The maximum absolute atomic E-state index is 12.8. The van der Waals surface area contributed by atoms with E-state index in [0.29, 0.717) is 0 Å². The van der Waals surface area contributed by atoms with Crippen LogP contribution in [0.5, 0.6) is 0 Å². The Labute approximate surface area is 167 Å². The van der Waals surface area contributed by atoms with Crippen LogP contribution in [0.3, 0.4) is 0 Å². The van der Waals surface area contributed by atoms with Crippen LogP contribution >= 0.6 is 0 Å². The first-order chi connectivity index (χ1) is 13.4. The third-order valence-corrected chi connectivity index (χ3v) is 5.58. The van der Waals surface area contributed by atoms with E-state index in [0.717, 1.165) is 55.6 Å². The zero-order valence-electron chi connectivity index (χ0n) is 17.5. The second kappa shape index (κ2) is 8.76. The normalized spacial score (nSPS) is 16.9. The Morgan fingerprint density at radius 1 is 1.29 bits per heavy atom. The first kappa shape index (κ1) is 20.4. The SMILES string of the molecule is CCCCN(C)C(=O)Cn1c([C@@H]2CCCN2C(=O)C(C)C)nc2ccccc21. The van der Waals surface area contributed by atoms with Crippen molar-refractivity contribution in [3.8, 4) is 0 Å². The third-order valence-electron chi connectivity index (χ3n) is 5.58. The Hall–Kier alpha value is -2.37. The molecule has 1 saturated heterocycles. The molecule has 3 rings (SSSR count). The fraction of sp³-hybridized carbons (Fsp3) is 0.591. The molecule has 0 spiro atoms. The number of para-hydroxylation sites is 2. The molecule has 1 aliphatic rings. The van der Waals surface area contributed by atoms with E-state index in [9.17, 15) is 9.59 Å². The van der Waals surface area contributed by atoms with Crippen LogP contribution in [0.15, 0.2) is 24.3 Å². The summed E-state index contributed by atoms with van der Waals surface area (Å²) in [6, 6.07) is 7.86. The van der Waals surface area contributed by atoms with Crippen LogP contribution in [0.25, 0.3) is 11.0 Å². The number of nitrogens with zero attached hydrogens (tertiary/aromatic N) is 4. The van der Waals surface area contributed by atoms with Crippen LogP contribution in [0.4, 0.5) is 0 Å². The standard InChI is InChI=1S/C22H32N4O2/c1-5-6-13-24(4)20(27)15-26-18-11-8-7-10-17(18)23-21(26)19-12-9-14-25(19)22(28)16(2)3/h7-8,10-11,16,19H,5-6,9,12-15H2,1-4H3/t19-/m0/s1. The Balaban J connectivity index is 1.95. The van der Waals surface area contributed by atoms with Gasteiger partial charge in [0, 0.05) is 26.1 Å². The number of likely N-dealkylation sites (N-methyl/N-ethyl adjacent to an activating group) is 1. The highest BCUT2D eigenvalue weighted by Crippen LogP contribution is 2.34. The number of rotatable bonds is 7. The quantitative estimate of drug-likeness (QED) is 0.733. The summed E-state index contributed by atoms with van der Waals surface area (Å²) in [4.78, 5) is 34.2. The summed E-state index contributed by atoms with van der Waals surface area (Å²) < 4.78 is 2.02. The molecule has 1 aromatic carbocycles. The van der Waals surface area contributed by atoms with E-state index in [2.05, 4.69) is 6.92 Å². The van der Waals surface area contributed by atoms with Gasteiger partial charge < -0.3 is 14.4 Å². The fourth-order valence-corrected chi connectivity index (χ4v) is 3.92. The molecule has 6 nitrogen and oxygen atoms in total. The molecule has 2 amide bonds. The largest absolute Gasteiger partial charge is 0.344 e. The molecule has 2 heterocycles. The summed E-state index contributed by atoms with van der Waals surface area (Å²) >= 11 is 0. The lowest BCUT2D eigenvalue weighted by molar-refractivity contribution is -0.135. The van der Waals surface area contributed by atoms with Crippen LogP contribution < -0.4 is 0 Å². The van der Waals surface area contributed by atoms with E-state index >= 15 is 0 Å². The lowest BCUT2D eigenvalue weighted by atomic mass is 10.1. The number of hydrogen-bond acceptors (Lipinski definition) is 3. The highest BCUT2D eigenvalue weighted by molar-refractivity contribution is 5.82. The third kappa shape index (κ3) is 4.05. The van der Waals surface area contributed by atoms with Crippen molar-refractivity contribution in [2.75, 3.05) is 20.1 Å². The smallest absolute Gasteiger partial charge is 0.242 e. The molecule has 1 atom stereocenters. The molecule has 0 saturated carbocycles. The minimum atomic E-state index is -0.0592. The van der Waals surface area contributed by atoms with Gasteiger partial charge in [-0.3, -0.25) is 9.59 Å². The van der Waals surface area contributed by atoms with Crippen molar-refractivity contribution in [3.05, 3.63) is 30.1 Å². The van der Waals surface area contributed by atoms with Crippen molar-refractivity contribution in [2.24, 2.45) is 5.92 Å². The van der Waals surface area contributed by atoms with Crippen molar-refractivity contribution >= 4 is 22.8 Å². The summed E-state index contributed by atoms with van der Waals surface area (Å²) in [5.41, 5.74) is 1.84. The molecule has 2 aromatic rings. The van der Waals surface area contributed by atoms with Gasteiger partial charge in [0.1, 0.15) is 12.4 Å². The van der Waals surface area contributed by atoms with Gasteiger partial charge in [-0.1, -0.05) is 39.3 Å². The van der Waals surface area contributed by atoms with Crippen molar-refractivity contribution in [2.45, 2.75) is 59.0 Å². The van der Waals surface area contributed by atoms with E-state index in [1.807, 2.05) is 54.6 Å². The second-order valence-corrected chi connectivity index (χ2v) is 8.06. The summed E-state index contributed by atoms with van der Waals surface area (Å²) in [5.74, 6) is 1.04. The minimum absolute atomic E-state index is 0.0414. The molecule has 1 aliphatic heterocycles. The van der Waals surface area contributed by atoms with E-state index < -0.39 is 0 Å². The number of unbranched alkanes of at least 4 members (excludes halogenated alkanes) is 1. The molecular formula is C22H32N4O2.